The summed E-state index contributed by atoms with van der Waals surface area (Å²) in [6.07, 6.45) is 1.71. The lowest BCUT2D eigenvalue weighted by Crippen LogP contribution is -2.36. The van der Waals surface area contributed by atoms with Crippen LogP contribution in [0.4, 0.5) is 0 Å². The van der Waals surface area contributed by atoms with Crippen LogP contribution in [0.1, 0.15) is 36.3 Å². The second kappa shape index (κ2) is 10.4. The van der Waals surface area contributed by atoms with Crippen molar-refractivity contribution in [1.29, 1.82) is 0 Å². The molecule has 0 fully saturated rings. The monoisotopic (exact) mass is 497 g/mol. The number of nitrogens with one attached hydrogen (secondary N) is 2. The molecule has 0 radical (unpaired) electrons. The molecular weight excluding hydrogens is 473 g/mol. The summed E-state index contributed by atoms with van der Waals surface area (Å²) in [5.74, 6) is 1.96. The van der Waals surface area contributed by atoms with Crippen molar-refractivity contribution in [3.05, 3.63) is 58.6 Å². The van der Waals surface area contributed by atoms with Crippen molar-refractivity contribution in [2.45, 2.75) is 32.9 Å². The Morgan fingerprint density at radius 1 is 1.19 bits per heavy atom. The molecule has 0 spiro atoms. The number of nitrogens with zero attached hydrogens (tertiary/aromatic N) is 5. The first-order valence-electron chi connectivity index (χ1n) is 8.50. The molecule has 0 aliphatic heterocycles. The highest BCUT2D eigenvalue weighted by Gasteiger charge is 2.09. The fourth-order valence-electron chi connectivity index (χ4n) is 2.40. The molecular formula is C18H24IN7S. The first kappa shape index (κ1) is 21.3. The van der Waals surface area contributed by atoms with E-state index in [0.29, 0.717) is 25.0 Å². The number of rotatable bonds is 6. The van der Waals surface area contributed by atoms with Crippen LogP contribution in [0.5, 0.6) is 0 Å². The van der Waals surface area contributed by atoms with Crippen molar-refractivity contribution >= 4 is 41.3 Å². The molecule has 2 aromatic heterocycles. The predicted molar refractivity (Wildman–Crippen MR) is 120 cm³/mol. The van der Waals surface area contributed by atoms with E-state index in [1.807, 2.05) is 34.9 Å². The number of aromatic nitrogens is 4. The lowest BCUT2D eigenvalue weighted by Gasteiger charge is -2.11. The fraction of sp³-hybridized carbons (Fsp3) is 0.333. The molecule has 0 aliphatic rings. The molecule has 0 atom stereocenters. The third kappa shape index (κ3) is 5.73. The molecule has 0 bridgehead atoms. The Hall–Kier alpha value is -2.01. The second-order valence-electron chi connectivity index (χ2n) is 6.05. The number of halogens is 1. The Labute approximate surface area is 180 Å². The van der Waals surface area contributed by atoms with Gasteiger partial charge in [-0.1, -0.05) is 32.0 Å². The summed E-state index contributed by atoms with van der Waals surface area (Å²) in [6, 6.07) is 10.0. The van der Waals surface area contributed by atoms with Crippen LogP contribution in [0.2, 0.25) is 0 Å². The third-order valence-electron chi connectivity index (χ3n) is 3.86. The molecule has 27 heavy (non-hydrogen) atoms. The summed E-state index contributed by atoms with van der Waals surface area (Å²) in [5.41, 5.74) is 2.16. The first-order chi connectivity index (χ1) is 12.7. The highest BCUT2D eigenvalue weighted by atomic mass is 127. The van der Waals surface area contributed by atoms with Gasteiger partial charge in [0.05, 0.1) is 18.8 Å². The zero-order valence-corrected chi connectivity index (χ0v) is 18.7. The number of hydrogen-bond donors (Lipinski definition) is 2. The largest absolute Gasteiger partial charge is 0.350 e. The van der Waals surface area contributed by atoms with E-state index in [1.165, 1.54) is 0 Å². The number of aliphatic imine (C=N–C) groups is 1. The highest BCUT2D eigenvalue weighted by molar-refractivity contribution is 14.0. The van der Waals surface area contributed by atoms with Crippen molar-refractivity contribution in [2.24, 2.45) is 4.99 Å². The van der Waals surface area contributed by atoms with Gasteiger partial charge < -0.3 is 10.6 Å². The summed E-state index contributed by atoms with van der Waals surface area (Å²) in [7, 11) is 1.75. The second-order valence-corrected chi connectivity index (χ2v) is 7.00. The summed E-state index contributed by atoms with van der Waals surface area (Å²) >= 11 is 1.66. The molecule has 3 aromatic rings. The van der Waals surface area contributed by atoms with E-state index in [1.54, 1.807) is 24.7 Å². The van der Waals surface area contributed by atoms with Gasteiger partial charge in [0.1, 0.15) is 11.3 Å². The number of guanidine groups is 1. The van der Waals surface area contributed by atoms with Crippen molar-refractivity contribution in [1.82, 2.24) is 30.4 Å². The van der Waals surface area contributed by atoms with Crippen LogP contribution in [-0.2, 0) is 13.1 Å². The molecule has 0 saturated heterocycles. The summed E-state index contributed by atoms with van der Waals surface area (Å²) in [4.78, 5) is 8.89. The average molecular weight is 497 g/mol. The molecule has 3 rings (SSSR count). The lowest BCUT2D eigenvalue weighted by molar-refractivity contribution is 0.748. The van der Waals surface area contributed by atoms with Gasteiger partial charge in [0.25, 0.3) is 0 Å². The quantitative estimate of drug-likeness (QED) is 0.310. The van der Waals surface area contributed by atoms with Crippen LogP contribution in [-0.4, -0.2) is 32.8 Å². The van der Waals surface area contributed by atoms with Crippen LogP contribution in [0, 0.1) is 0 Å². The van der Waals surface area contributed by atoms with Crippen LogP contribution < -0.4 is 10.6 Å². The van der Waals surface area contributed by atoms with Gasteiger partial charge in [-0.2, -0.15) is 0 Å². The number of thiazole rings is 1. The molecule has 2 N–H and O–H groups in total. The van der Waals surface area contributed by atoms with E-state index in [9.17, 15) is 0 Å². The maximum atomic E-state index is 4.63. The lowest BCUT2D eigenvalue weighted by atomic mass is 10.2. The SMILES string of the molecule is CN=C(NCc1nc(C(C)C)cs1)NCc1nncn1-c1ccccc1.I. The van der Waals surface area contributed by atoms with Gasteiger partial charge in [0.15, 0.2) is 11.8 Å². The highest BCUT2D eigenvalue weighted by Crippen LogP contribution is 2.17. The molecule has 2 heterocycles. The van der Waals surface area contributed by atoms with Crippen molar-refractivity contribution < 1.29 is 0 Å². The zero-order chi connectivity index (χ0) is 18.4. The van der Waals surface area contributed by atoms with Crippen LogP contribution >= 0.6 is 35.3 Å². The Morgan fingerprint density at radius 2 is 1.93 bits per heavy atom. The van der Waals surface area contributed by atoms with Gasteiger partial charge in [0, 0.05) is 18.1 Å². The van der Waals surface area contributed by atoms with Gasteiger partial charge >= 0.3 is 0 Å². The van der Waals surface area contributed by atoms with Crippen LogP contribution in [0.15, 0.2) is 47.0 Å². The number of hydrogen-bond acceptors (Lipinski definition) is 5. The maximum Gasteiger partial charge on any atom is 0.191 e. The number of para-hydroxylation sites is 1. The Balaban J connectivity index is 0.00000261. The maximum absolute atomic E-state index is 4.63. The Morgan fingerprint density at radius 3 is 2.59 bits per heavy atom. The van der Waals surface area contributed by atoms with E-state index in [0.717, 1.165) is 22.2 Å². The van der Waals surface area contributed by atoms with Gasteiger partial charge in [-0.05, 0) is 18.1 Å². The van der Waals surface area contributed by atoms with E-state index >= 15 is 0 Å². The molecule has 7 nitrogen and oxygen atoms in total. The molecule has 0 unspecified atom stereocenters. The van der Waals surface area contributed by atoms with E-state index in [4.69, 9.17) is 0 Å². The molecule has 0 saturated carbocycles. The summed E-state index contributed by atoms with van der Waals surface area (Å²) in [6.45, 7) is 5.46. The van der Waals surface area contributed by atoms with Gasteiger partial charge in [0.2, 0.25) is 0 Å². The third-order valence-corrected chi connectivity index (χ3v) is 4.73. The zero-order valence-electron chi connectivity index (χ0n) is 15.6. The Bertz CT molecular complexity index is 857. The predicted octanol–water partition coefficient (Wildman–Crippen LogP) is 3.33. The van der Waals surface area contributed by atoms with Crippen molar-refractivity contribution in [3.63, 3.8) is 0 Å². The molecule has 0 aliphatic carbocycles. The van der Waals surface area contributed by atoms with E-state index in [2.05, 4.69) is 50.0 Å². The van der Waals surface area contributed by atoms with Crippen LogP contribution in [0.25, 0.3) is 5.69 Å². The summed E-state index contributed by atoms with van der Waals surface area (Å²) < 4.78 is 1.95. The van der Waals surface area contributed by atoms with Gasteiger partial charge in [-0.3, -0.25) is 9.56 Å². The molecule has 1 aromatic carbocycles. The Kier molecular flexibility index (Phi) is 8.17. The normalized spacial score (nSPS) is 11.3. The smallest absolute Gasteiger partial charge is 0.191 e. The van der Waals surface area contributed by atoms with Crippen molar-refractivity contribution in [3.8, 4) is 5.69 Å². The van der Waals surface area contributed by atoms with E-state index < -0.39 is 0 Å². The minimum atomic E-state index is 0. The first-order valence-corrected chi connectivity index (χ1v) is 9.38. The van der Waals surface area contributed by atoms with Gasteiger partial charge in [-0.15, -0.1) is 45.5 Å². The van der Waals surface area contributed by atoms with E-state index in [-0.39, 0.29) is 24.0 Å². The fourth-order valence-corrected chi connectivity index (χ4v) is 3.29. The van der Waals surface area contributed by atoms with Gasteiger partial charge in [-0.25, -0.2) is 4.98 Å². The number of benzene rings is 1. The van der Waals surface area contributed by atoms with Crippen LogP contribution in [0.3, 0.4) is 0 Å². The topological polar surface area (TPSA) is 80.0 Å². The minimum absolute atomic E-state index is 0. The summed E-state index contributed by atoms with van der Waals surface area (Å²) in [5, 5.41) is 17.9. The average Bonchev–Trinajstić information content (AvgIpc) is 3.32. The van der Waals surface area contributed by atoms with Crippen molar-refractivity contribution in [2.75, 3.05) is 7.05 Å². The standard InChI is InChI=1S/C18H23N7S.HI/c1-13(2)15-11-26-17(23-15)10-21-18(19-3)20-9-16-24-22-12-25(16)14-7-5-4-6-8-14;/h4-8,11-13H,9-10H2,1-3H3,(H2,19,20,21);1H. The minimum Gasteiger partial charge on any atom is -0.350 e. The molecule has 144 valence electrons. The molecule has 9 heteroatoms. The molecule has 0 amide bonds.